The number of likely N-dealkylation sites (N-methyl/N-ethyl adjacent to an activating group) is 1. The maximum absolute atomic E-state index is 11.9. The standard InChI is InChI=1S/C20H21N5O2/c1-3-27-18(26)12-25(2)20-14-7-4-8-15(14)23-19(24-20)16-10-13-6-5-9-21-17(13)11-22-16/h5-6,9-11H,3-4,7-8,12H2,1-2H3. The molecular weight excluding hydrogens is 342 g/mol. The Morgan fingerprint density at radius 1 is 1.26 bits per heavy atom. The lowest BCUT2D eigenvalue weighted by Crippen LogP contribution is -2.29. The minimum absolute atomic E-state index is 0.159. The van der Waals surface area contributed by atoms with Crippen molar-refractivity contribution < 1.29 is 9.53 Å². The molecule has 0 N–H and O–H groups in total. The highest BCUT2D eigenvalue weighted by atomic mass is 16.5. The van der Waals surface area contributed by atoms with Crippen LogP contribution in [0.15, 0.2) is 30.6 Å². The van der Waals surface area contributed by atoms with Gasteiger partial charge in [-0.05, 0) is 38.3 Å². The Labute approximate surface area is 157 Å². The summed E-state index contributed by atoms with van der Waals surface area (Å²) in [7, 11) is 1.86. The Hall–Kier alpha value is -3.09. The molecule has 0 saturated carbocycles. The summed E-state index contributed by atoms with van der Waals surface area (Å²) in [5, 5.41) is 0.994. The molecule has 7 nitrogen and oxygen atoms in total. The van der Waals surface area contributed by atoms with E-state index in [-0.39, 0.29) is 12.5 Å². The number of rotatable bonds is 5. The molecule has 0 aliphatic heterocycles. The van der Waals surface area contributed by atoms with E-state index in [1.807, 2.05) is 30.1 Å². The zero-order valence-electron chi connectivity index (χ0n) is 15.5. The highest BCUT2D eigenvalue weighted by Gasteiger charge is 2.23. The summed E-state index contributed by atoms with van der Waals surface area (Å²) in [6, 6.07) is 5.84. The second-order valence-corrected chi connectivity index (χ2v) is 6.58. The molecule has 0 fully saturated rings. The van der Waals surface area contributed by atoms with Gasteiger partial charge in [-0.3, -0.25) is 14.8 Å². The normalized spacial score (nSPS) is 12.8. The van der Waals surface area contributed by atoms with Crippen LogP contribution in [0.5, 0.6) is 0 Å². The third kappa shape index (κ3) is 3.45. The molecule has 0 atom stereocenters. The Kier molecular flexibility index (Phi) is 4.66. The number of esters is 1. The molecule has 138 valence electrons. The van der Waals surface area contributed by atoms with Crippen LogP contribution in [0.25, 0.3) is 22.4 Å². The molecule has 1 aliphatic rings. The number of ether oxygens (including phenoxy) is 1. The maximum atomic E-state index is 11.9. The number of hydrogen-bond donors (Lipinski definition) is 0. The highest BCUT2D eigenvalue weighted by molar-refractivity contribution is 5.81. The summed E-state index contributed by atoms with van der Waals surface area (Å²) in [5.74, 6) is 1.10. The van der Waals surface area contributed by atoms with Gasteiger partial charge in [0.1, 0.15) is 18.1 Å². The minimum Gasteiger partial charge on any atom is -0.465 e. The van der Waals surface area contributed by atoms with E-state index in [9.17, 15) is 4.79 Å². The fourth-order valence-corrected chi connectivity index (χ4v) is 3.42. The van der Waals surface area contributed by atoms with E-state index in [1.165, 1.54) is 0 Å². The van der Waals surface area contributed by atoms with E-state index < -0.39 is 0 Å². The first-order valence-electron chi connectivity index (χ1n) is 9.13. The molecule has 4 rings (SSSR count). The fourth-order valence-electron chi connectivity index (χ4n) is 3.42. The third-order valence-electron chi connectivity index (χ3n) is 4.66. The lowest BCUT2D eigenvalue weighted by molar-refractivity contribution is -0.141. The highest BCUT2D eigenvalue weighted by Crippen LogP contribution is 2.31. The average Bonchev–Trinajstić information content (AvgIpc) is 3.15. The van der Waals surface area contributed by atoms with Crippen LogP contribution in [0.2, 0.25) is 0 Å². The molecule has 3 aromatic rings. The molecule has 0 radical (unpaired) electrons. The van der Waals surface area contributed by atoms with Crippen molar-refractivity contribution >= 4 is 22.7 Å². The lowest BCUT2D eigenvalue weighted by atomic mass is 10.2. The summed E-state index contributed by atoms with van der Waals surface area (Å²) >= 11 is 0. The van der Waals surface area contributed by atoms with E-state index in [4.69, 9.17) is 14.7 Å². The van der Waals surface area contributed by atoms with Crippen molar-refractivity contribution in [3.63, 3.8) is 0 Å². The molecule has 0 unspecified atom stereocenters. The molecule has 1 aliphatic carbocycles. The number of anilines is 1. The number of aromatic nitrogens is 4. The molecule has 0 saturated heterocycles. The van der Waals surface area contributed by atoms with Gasteiger partial charge in [-0.1, -0.05) is 6.07 Å². The Morgan fingerprint density at radius 3 is 3.00 bits per heavy atom. The van der Waals surface area contributed by atoms with Gasteiger partial charge in [-0.25, -0.2) is 9.97 Å². The molecule has 3 aromatic heterocycles. The second kappa shape index (κ2) is 7.26. The van der Waals surface area contributed by atoms with Crippen molar-refractivity contribution in [1.82, 2.24) is 19.9 Å². The van der Waals surface area contributed by atoms with Gasteiger partial charge in [0.15, 0.2) is 5.82 Å². The van der Waals surface area contributed by atoms with Gasteiger partial charge in [0.25, 0.3) is 0 Å². The van der Waals surface area contributed by atoms with Gasteiger partial charge in [0.05, 0.1) is 18.3 Å². The van der Waals surface area contributed by atoms with Crippen molar-refractivity contribution in [2.75, 3.05) is 25.1 Å². The molecule has 0 aromatic carbocycles. The molecule has 0 amide bonds. The first-order chi connectivity index (χ1) is 13.2. The monoisotopic (exact) mass is 363 g/mol. The smallest absolute Gasteiger partial charge is 0.325 e. The van der Waals surface area contributed by atoms with Crippen LogP contribution >= 0.6 is 0 Å². The molecule has 3 heterocycles. The minimum atomic E-state index is -0.262. The number of fused-ring (bicyclic) bond motifs is 2. The summed E-state index contributed by atoms with van der Waals surface area (Å²) in [6.45, 7) is 2.33. The van der Waals surface area contributed by atoms with E-state index in [1.54, 1.807) is 19.3 Å². The molecular formula is C20H21N5O2. The number of carbonyl (C=O) groups is 1. The first kappa shape index (κ1) is 17.3. The van der Waals surface area contributed by atoms with Gasteiger partial charge in [0, 0.05) is 29.9 Å². The van der Waals surface area contributed by atoms with Crippen LogP contribution in [0.1, 0.15) is 24.6 Å². The molecule has 27 heavy (non-hydrogen) atoms. The van der Waals surface area contributed by atoms with Gasteiger partial charge in [-0.15, -0.1) is 0 Å². The largest absolute Gasteiger partial charge is 0.465 e. The number of pyridine rings is 2. The van der Waals surface area contributed by atoms with Crippen LogP contribution in [-0.2, 0) is 22.4 Å². The Bertz CT molecular complexity index is 1000. The Morgan fingerprint density at radius 2 is 2.15 bits per heavy atom. The van der Waals surface area contributed by atoms with Gasteiger partial charge in [0.2, 0.25) is 0 Å². The van der Waals surface area contributed by atoms with Crippen LogP contribution in [0, 0.1) is 0 Å². The molecule has 0 bridgehead atoms. The second-order valence-electron chi connectivity index (χ2n) is 6.58. The zero-order valence-corrected chi connectivity index (χ0v) is 15.5. The third-order valence-corrected chi connectivity index (χ3v) is 4.66. The summed E-state index contributed by atoms with van der Waals surface area (Å²) in [6.07, 6.45) is 6.37. The van der Waals surface area contributed by atoms with Crippen molar-refractivity contribution in [2.24, 2.45) is 0 Å². The predicted octanol–water partition coefficient (Wildman–Crippen LogP) is 2.57. The van der Waals surface area contributed by atoms with Crippen LogP contribution < -0.4 is 4.90 Å². The van der Waals surface area contributed by atoms with E-state index >= 15 is 0 Å². The number of carbonyl (C=O) groups excluding carboxylic acids is 1. The number of nitrogens with zero attached hydrogens (tertiary/aromatic N) is 5. The summed E-state index contributed by atoms with van der Waals surface area (Å²) < 4.78 is 5.07. The quantitative estimate of drug-likeness (QED) is 0.644. The van der Waals surface area contributed by atoms with Crippen molar-refractivity contribution in [3.05, 3.63) is 41.9 Å². The number of hydrogen-bond acceptors (Lipinski definition) is 7. The van der Waals surface area contributed by atoms with Gasteiger partial charge < -0.3 is 9.64 Å². The van der Waals surface area contributed by atoms with E-state index in [2.05, 4.69) is 9.97 Å². The van der Waals surface area contributed by atoms with Gasteiger partial charge >= 0.3 is 5.97 Å². The average molecular weight is 363 g/mol. The van der Waals surface area contributed by atoms with Crippen LogP contribution in [-0.4, -0.2) is 46.1 Å². The summed E-state index contributed by atoms with van der Waals surface area (Å²) in [4.78, 5) is 32.1. The maximum Gasteiger partial charge on any atom is 0.325 e. The Balaban J connectivity index is 1.74. The first-order valence-corrected chi connectivity index (χ1v) is 9.13. The van der Waals surface area contributed by atoms with Crippen molar-refractivity contribution in [2.45, 2.75) is 26.2 Å². The predicted molar refractivity (Wildman–Crippen MR) is 102 cm³/mol. The van der Waals surface area contributed by atoms with Crippen molar-refractivity contribution in [3.8, 4) is 11.5 Å². The lowest BCUT2D eigenvalue weighted by Gasteiger charge is -2.20. The van der Waals surface area contributed by atoms with Crippen LogP contribution in [0.4, 0.5) is 5.82 Å². The zero-order chi connectivity index (χ0) is 18.8. The van der Waals surface area contributed by atoms with Gasteiger partial charge in [-0.2, -0.15) is 0 Å². The topological polar surface area (TPSA) is 81.1 Å². The fraction of sp³-hybridized carbons (Fsp3) is 0.350. The number of aryl methyl sites for hydroxylation is 1. The summed E-state index contributed by atoms with van der Waals surface area (Å²) in [5.41, 5.74) is 3.70. The SMILES string of the molecule is CCOC(=O)CN(C)c1nc(-c2cc3cccnc3cn2)nc2c1CCC2. The molecule has 0 spiro atoms. The molecule has 7 heteroatoms. The van der Waals surface area contributed by atoms with Crippen molar-refractivity contribution in [1.29, 1.82) is 0 Å². The van der Waals surface area contributed by atoms with E-state index in [0.29, 0.717) is 18.1 Å². The van der Waals surface area contributed by atoms with E-state index in [0.717, 1.165) is 47.2 Å². The van der Waals surface area contributed by atoms with Crippen LogP contribution in [0.3, 0.4) is 0 Å².